The van der Waals surface area contributed by atoms with E-state index in [1.54, 1.807) is 38.1 Å². The molecule has 0 fully saturated rings. The van der Waals surface area contributed by atoms with E-state index in [-0.39, 0.29) is 5.95 Å². The molecular weight excluding hydrogens is 322 g/mol. The van der Waals surface area contributed by atoms with Gasteiger partial charge in [0.1, 0.15) is 5.75 Å². The molecule has 0 spiro atoms. The third-order valence-corrected chi connectivity index (χ3v) is 3.59. The van der Waals surface area contributed by atoms with Gasteiger partial charge in [0.15, 0.2) is 11.5 Å². The summed E-state index contributed by atoms with van der Waals surface area (Å²) in [6.07, 6.45) is 0. The fraction of sp³-hybridized carbons (Fsp3) is 0.176. The minimum absolute atomic E-state index is 0.271. The number of nitrogens with one attached hydrogen (secondary N) is 1. The van der Waals surface area contributed by atoms with Gasteiger partial charge in [0, 0.05) is 11.8 Å². The number of aromatic nitrogens is 3. The lowest BCUT2D eigenvalue weighted by atomic mass is 10.3. The number of ether oxygens (including phenoxy) is 3. The quantitative estimate of drug-likeness (QED) is 0.711. The normalized spacial score (nSPS) is 10.4. The number of hydrogen-bond donors (Lipinski definition) is 2. The molecule has 1 aromatic heterocycles. The Morgan fingerprint density at radius 1 is 0.920 bits per heavy atom. The summed E-state index contributed by atoms with van der Waals surface area (Å²) in [7, 11) is 4.78. The van der Waals surface area contributed by atoms with Crippen molar-refractivity contribution in [3.05, 3.63) is 42.5 Å². The summed E-state index contributed by atoms with van der Waals surface area (Å²) in [5.74, 6) is 2.65. The Labute approximate surface area is 145 Å². The second-order valence-corrected chi connectivity index (χ2v) is 5.10. The summed E-state index contributed by atoms with van der Waals surface area (Å²) in [5.41, 5.74) is 7.51. The lowest BCUT2D eigenvalue weighted by Gasteiger charge is -2.09. The van der Waals surface area contributed by atoms with Crippen molar-refractivity contribution in [2.75, 3.05) is 32.4 Å². The first-order chi connectivity index (χ1) is 12.1. The van der Waals surface area contributed by atoms with Crippen molar-refractivity contribution in [2.24, 2.45) is 0 Å². The molecule has 0 atom stereocenters. The zero-order valence-corrected chi connectivity index (χ0v) is 14.2. The molecule has 0 unspecified atom stereocenters. The lowest BCUT2D eigenvalue weighted by molar-refractivity contribution is 0.355. The van der Waals surface area contributed by atoms with Crippen LogP contribution in [0.1, 0.15) is 0 Å². The van der Waals surface area contributed by atoms with Crippen LogP contribution in [-0.2, 0) is 0 Å². The maximum absolute atomic E-state index is 5.97. The van der Waals surface area contributed by atoms with Crippen LogP contribution in [0.4, 0.5) is 17.6 Å². The first kappa shape index (κ1) is 16.4. The van der Waals surface area contributed by atoms with E-state index >= 15 is 0 Å². The monoisotopic (exact) mass is 341 g/mol. The van der Waals surface area contributed by atoms with Crippen molar-refractivity contribution < 1.29 is 14.2 Å². The first-order valence-corrected chi connectivity index (χ1v) is 7.50. The Hall–Kier alpha value is -3.42. The molecule has 0 amide bonds. The van der Waals surface area contributed by atoms with Crippen molar-refractivity contribution in [3.8, 4) is 22.9 Å². The molecule has 130 valence electrons. The molecule has 0 saturated heterocycles. The second kappa shape index (κ2) is 7.00. The molecule has 1 heterocycles. The molecule has 8 nitrogen and oxygen atoms in total. The van der Waals surface area contributed by atoms with Crippen molar-refractivity contribution in [1.82, 2.24) is 14.8 Å². The van der Waals surface area contributed by atoms with E-state index < -0.39 is 0 Å². The molecule has 3 aromatic rings. The van der Waals surface area contributed by atoms with E-state index in [2.05, 4.69) is 15.4 Å². The smallest absolute Gasteiger partial charge is 0.248 e. The number of nitrogen functional groups attached to an aromatic ring is 1. The van der Waals surface area contributed by atoms with Gasteiger partial charge in [0.25, 0.3) is 0 Å². The Kier molecular flexibility index (Phi) is 4.60. The van der Waals surface area contributed by atoms with Crippen molar-refractivity contribution in [3.63, 3.8) is 0 Å². The van der Waals surface area contributed by atoms with E-state index in [0.717, 1.165) is 17.1 Å². The minimum Gasteiger partial charge on any atom is -0.497 e. The maximum Gasteiger partial charge on any atom is 0.248 e. The molecule has 0 aliphatic heterocycles. The Morgan fingerprint density at radius 2 is 1.64 bits per heavy atom. The molecule has 0 aliphatic carbocycles. The summed E-state index contributed by atoms with van der Waals surface area (Å²) >= 11 is 0. The summed E-state index contributed by atoms with van der Waals surface area (Å²) in [6.45, 7) is 0. The largest absolute Gasteiger partial charge is 0.497 e. The van der Waals surface area contributed by atoms with E-state index in [4.69, 9.17) is 19.9 Å². The van der Waals surface area contributed by atoms with Crippen molar-refractivity contribution in [2.45, 2.75) is 0 Å². The number of anilines is 3. The van der Waals surface area contributed by atoms with E-state index in [1.807, 2.05) is 30.3 Å². The zero-order valence-electron chi connectivity index (χ0n) is 14.2. The summed E-state index contributed by atoms with van der Waals surface area (Å²) < 4.78 is 17.2. The maximum atomic E-state index is 5.97. The molecule has 0 radical (unpaired) electrons. The highest BCUT2D eigenvalue weighted by Crippen LogP contribution is 2.30. The lowest BCUT2D eigenvalue weighted by Crippen LogP contribution is -2.02. The van der Waals surface area contributed by atoms with Gasteiger partial charge in [-0.3, -0.25) is 0 Å². The van der Waals surface area contributed by atoms with E-state index in [0.29, 0.717) is 17.4 Å². The summed E-state index contributed by atoms with van der Waals surface area (Å²) in [5, 5.41) is 7.49. The predicted molar refractivity (Wildman–Crippen MR) is 95.2 cm³/mol. The van der Waals surface area contributed by atoms with Gasteiger partial charge in [-0.05, 0) is 36.4 Å². The third kappa shape index (κ3) is 3.42. The van der Waals surface area contributed by atoms with Gasteiger partial charge >= 0.3 is 0 Å². The topological polar surface area (TPSA) is 96.5 Å². The number of nitrogens with two attached hydrogens (primary N) is 1. The highest BCUT2D eigenvalue weighted by atomic mass is 16.5. The van der Waals surface area contributed by atoms with Crippen molar-refractivity contribution in [1.29, 1.82) is 0 Å². The molecule has 3 rings (SSSR count). The number of rotatable bonds is 6. The van der Waals surface area contributed by atoms with Crippen LogP contribution in [-0.4, -0.2) is 36.1 Å². The molecule has 8 heteroatoms. The second-order valence-electron chi connectivity index (χ2n) is 5.10. The van der Waals surface area contributed by atoms with Crippen LogP contribution in [0.2, 0.25) is 0 Å². The molecule has 2 aromatic carbocycles. The molecule has 0 saturated carbocycles. The van der Waals surface area contributed by atoms with Gasteiger partial charge in [-0.25, -0.2) is 0 Å². The van der Waals surface area contributed by atoms with Crippen LogP contribution in [0.15, 0.2) is 42.5 Å². The van der Waals surface area contributed by atoms with E-state index in [9.17, 15) is 0 Å². The van der Waals surface area contributed by atoms with Crippen LogP contribution in [0.5, 0.6) is 17.2 Å². The number of hydrogen-bond acceptors (Lipinski definition) is 7. The highest BCUT2D eigenvalue weighted by molar-refractivity contribution is 5.60. The fourth-order valence-electron chi connectivity index (χ4n) is 2.33. The number of methoxy groups -OCH3 is 3. The van der Waals surface area contributed by atoms with Crippen LogP contribution in [0, 0.1) is 0 Å². The number of nitrogens with zero attached hydrogens (tertiary/aromatic N) is 3. The first-order valence-electron chi connectivity index (χ1n) is 7.50. The van der Waals surface area contributed by atoms with Gasteiger partial charge in [0.05, 0.1) is 27.0 Å². The van der Waals surface area contributed by atoms with Crippen LogP contribution >= 0.6 is 0 Å². The Morgan fingerprint density at radius 3 is 2.28 bits per heavy atom. The predicted octanol–water partition coefficient (Wildman–Crippen LogP) is 2.62. The van der Waals surface area contributed by atoms with Crippen LogP contribution in [0.25, 0.3) is 5.69 Å². The van der Waals surface area contributed by atoms with Crippen molar-refractivity contribution >= 4 is 17.6 Å². The molecule has 25 heavy (non-hydrogen) atoms. The van der Waals surface area contributed by atoms with E-state index in [1.165, 1.54) is 0 Å². The van der Waals surface area contributed by atoms with Gasteiger partial charge in [-0.1, -0.05) is 0 Å². The molecule has 0 bridgehead atoms. The molecule has 3 N–H and O–H groups in total. The van der Waals surface area contributed by atoms with Gasteiger partial charge in [-0.15, -0.1) is 5.10 Å². The van der Waals surface area contributed by atoms with Gasteiger partial charge < -0.3 is 25.3 Å². The minimum atomic E-state index is 0.271. The average molecular weight is 341 g/mol. The van der Waals surface area contributed by atoms with Crippen LogP contribution in [0.3, 0.4) is 0 Å². The van der Waals surface area contributed by atoms with Crippen LogP contribution < -0.4 is 25.3 Å². The molecule has 0 aliphatic rings. The van der Waals surface area contributed by atoms with Gasteiger partial charge in [-0.2, -0.15) is 9.67 Å². The van der Waals surface area contributed by atoms with Gasteiger partial charge in [0.2, 0.25) is 11.9 Å². The highest BCUT2D eigenvalue weighted by Gasteiger charge is 2.11. The average Bonchev–Trinajstić information content (AvgIpc) is 3.01. The number of benzene rings is 2. The third-order valence-electron chi connectivity index (χ3n) is 3.59. The Balaban J connectivity index is 1.85. The fourth-order valence-corrected chi connectivity index (χ4v) is 2.33. The Bertz CT molecular complexity index is 861. The standard InChI is InChI=1S/C17H19N5O3/c1-23-13-7-5-12(6-8-13)22-16(18)20-17(21-22)19-11-4-9-14(24-2)15(10-11)25-3/h4-10H,1-3H3,(H3,18,19,20,21). The SMILES string of the molecule is COc1ccc(-n2nc(Nc3ccc(OC)c(OC)c3)nc2N)cc1. The summed E-state index contributed by atoms with van der Waals surface area (Å²) in [4.78, 5) is 4.24. The zero-order chi connectivity index (χ0) is 17.8. The molecular formula is C17H19N5O3. The summed E-state index contributed by atoms with van der Waals surface area (Å²) in [6, 6.07) is 12.8.